The Balaban J connectivity index is 1.79. The van der Waals surface area contributed by atoms with Crippen molar-refractivity contribution in [2.75, 3.05) is 39.9 Å². The third kappa shape index (κ3) is 5.67. The van der Waals surface area contributed by atoms with E-state index >= 15 is 0 Å². The molecule has 3 rings (SSSR count). The molecule has 0 spiro atoms. The van der Waals surface area contributed by atoms with E-state index in [-0.39, 0.29) is 29.5 Å². The molecule has 29 heavy (non-hydrogen) atoms. The number of carbonyl (C=O) groups is 1. The minimum Gasteiger partial charge on any atom is -0.383 e. The molecule has 2 heterocycles. The van der Waals surface area contributed by atoms with Gasteiger partial charge in [0.15, 0.2) is 0 Å². The van der Waals surface area contributed by atoms with E-state index in [4.69, 9.17) is 4.74 Å². The van der Waals surface area contributed by atoms with Crippen molar-refractivity contribution in [1.29, 1.82) is 0 Å². The van der Waals surface area contributed by atoms with Crippen LogP contribution in [0.1, 0.15) is 31.0 Å². The first-order valence-electron chi connectivity index (χ1n) is 10.4. The lowest BCUT2D eigenvalue weighted by Gasteiger charge is -2.29. The third-order valence-corrected chi connectivity index (χ3v) is 5.68. The summed E-state index contributed by atoms with van der Waals surface area (Å²) in [6.45, 7) is 8.15. The number of nitrogens with zero attached hydrogens (tertiary/aromatic N) is 2. The van der Waals surface area contributed by atoms with E-state index in [1.54, 1.807) is 19.2 Å². The van der Waals surface area contributed by atoms with Crippen LogP contribution in [-0.2, 0) is 16.1 Å². The number of amides is 1. The SMILES string of the molecule is COCCN(CC1CN(Cc2ccc[nH]2)CC1c1cccc(F)c1)C(=O)C(C)C. The lowest BCUT2D eigenvalue weighted by Crippen LogP contribution is -2.41. The van der Waals surface area contributed by atoms with Gasteiger partial charge in [0.1, 0.15) is 5.82 Å². The van der Waals surface area contributed by atoms with Gasteiger partial charge in [-0.1, -0.05) is 26.0 Å². The molecule has 0 saturated carbocycles. The van der Waals surface area contributed by atoms with Gasteiger partial charge in [-0.3, -0.25) is 9.69 Å². The fourth-order valence-electron chi connectivity index (χ4n) is 4.24. The topological polar surface area (TPSA) is 48.6 Å². The summed E-state index contributed by atoms with van der Waals surface area (Å²) in [5, 5.41) is 0. The van der Waals surface area contributed by atoms with Crippen molar-refractivity contribution in [3.63, 3.8) is 0 Å². The summed E-state index contributed by atoms with van der Waals surface area (Å²) in [5.74, 6) is 0.300. The van der Waals surface area contributed by atoms with Crippen molar-refractivity contribution in [2.45, 2.75) is 26.3 Å². The molecule has 1 saturated heterocycles. The van der Waals surface area contributed by atoms with E-state index < -0.39 is 0 Å². The standard InChI is InChI=1S/C23H32FN3O2/c1-17(2)23(28)27(10-11-29-3)14-19-13-26(15-21-8-5-9-25-21)16-22(19)18-6-4-7-20(24)12-18/h4-9,12,17,19,22,25H,10-11,13-16H2,1-3H3. The zero-order valence-corrected chi connectivity index (χ0v) is 17.6. The lowest BCUT2D eigenvalue weighted by atomic mass is 9.88. The summed E-state index contributed by atoms with van der Waals surface area (Å²) in [6, 6.07) is 11.0. The Labute approximate surface area is 172 Å². The summed E-state index contributed by atoms with van der Waals surface area (Å²) < 4.78 is 19.1. The van der Waals surface area contributed by atoms with Crippen molar-refractivity contribution >= 4 is 5.91 Å². The summed E-state index contributed by atoms with van der Waals surface area (Å²) in [6.07, 6.45) is 1.93. The van der Waals surface area contributed by atoms with Crippen molar-refractivity contribution in [3.05, 3.63) is 59.7 Å². The number of hydrogen-bond acceptors (Lipinski definition) is 3. The fourth-order valence-corrected chi connectivity index (χ4v) is 4.24. The Kier molecular flexibility index (Phi) is 7.45. The predicted octanol–water partition coefficient (Wildman–Crippen LogP) is 3.50. The van der Waals surface area contributed by atoms with Crippen LogP contribution in [0.2, 0.25) is 0 Å². The first-order chi connectivity index (χ1) is 14.0. The van der Waals surface area contributed by atoms with E-state index in [0.29, 0.717) is 19.7 Å². The molecular formula is C23H32FN3O2. The molecule has 1 aromatic carbocycles. The molecule has 1 aliphatic heterocycles. The maximum atomic E-state index is 13.9. The fraction of sp³-hybridized carbons (Fsp3) is 0.522. The number of benzene rings is 1. The van der Waals surface area contributed by atoms with Crippen molar-refractivity contribution in [2.24, 2.45) is 11.8 Å². The minimum atomic E-state index is -0.210. The number of carbonyl (C=O) groups excluding carboxylic acids is 1. The van der Waals surface area contributed by atoms with Crippen molar-refractivity contribution in [1.82, 2.24) is 14.8 Å². The van der Waals surface area contributed by atoms with E-state index in [1.807, 2.05) is 37.1 Å². The van der Waals surface area contributed by atoms with E-state index in [1.165, 1.54) is 6.07 Å². The van der Waals surface area contributed by atoms with E-state index in [2.05, 4.69) is 16.0 Å². The number of aromatic amines is 1. The molecule has 2 atom stereocenters. The maximum Gasteiger partial charge on any atom is 0.225 e. The van der Waals surface area contributed by atoms with Gasteiger partial charge >= 0.3 is 0 Å². The highest BCUT2D eigenvalue weighted by Gasteiger charge is 2.36. The van der Waals surface area contributed by atoms with E-state index in [0.717, 1.165) is 30.9 Å². The number of methoxy groups -OCH3 is 1. The van der Waals surface area contributed by atoms with Crippen LogP contribution < -0.4 is 0 Å². The molecule has 0 radical (unpaired) electrons. The monoisotopic (exact) mass is 401 g/mol. The Hall–Kier alpha value is -2.18. The minimum absolute atomic E-state index is 0.0594. The quantitative estimate of drug-likeness (QED) is 0.700. The molecule has 1 aromatic heterocycles. The first-order valence-corrected chi connectivity index (χ1v) is 10.4. The van der Waals surface area contributed by atoms with Gasteiger partial charge in [0.05, 0.1) is 6.61 Å². The molecule has 2 unspecified atom stereocenters. The second kappa shape index (κ2) is 10.0. The Morgan fingerprint density at radius 2 is 2.14 bits per heavy atom. The van der Waals surface area contributed by atoms with Crippen molar-refractivity contribution < 1.29 is 13.9 Å². The molecule has 2 aromatic rings. The smallest absolute Gasteiger partial charge is 0.225 e. The van der Waals surface area contributed by atoms with Crippen LogP contribution in [0.5, 0.6) is 0 Å². The largest absolute Gasteiger partial charge is 0.383 e. The first kappa shape index (κ1) is 21.5. The van der Waals surface area contributed by atoms with Crippen LogP contribution in [0.15, 0.2) is 42.6 Å². The van der Waals surface area contributed by atoms with Crippen LogP contribution >= 0.6 is 0 Å². The molecule has 1 amide bonds. The number of ether oxygens (including phenoxy) is 1. The average molecular weight is 402 g/mol. The molecule has 0 aliphatic carbocycles. The Bertz CT molecular complexity index is 778. The zero-order chi connectivity index (χ0) is 20.8. The molecule has 1 aliphatic rings. The lowest BCUT2D eigenvalue weighted by molar-refractivity contribution is -0.135. The van der Waals surface area contributed by atoms with Gasteiger partial charge in [0.2, 0.25) is 5.91 Å². The molecule has 5 nitrogen and oxygen atoms in total. The summed E-state index contributed by atoms with van der Waals surface area (Å²) in [4.78, 5) is 20.3. The molecular weight excluding hydrogens is 369 g/mol. The van der Waals surface area contributed by atoms with Gasteiger partial charge < -0.3 is 14.6 Å². The highest BCUT2D eigenvalue weighted by molar-refractivity contribution is 5.78. The van der Waals surface area contributed by atoms with Gasteiger partial charge in [0.25, 0.3) is 0 Å². The molecule has 6 heteroatoms. The van der Waals surface area contributed by atoms with Crippen molar-refractivity contribution in [3.8, 4) is 0 Å². The number of likely N-dealkylation sites (tertiary alicyclic amines) is 1. The number of halogens is 1. The van der Waals surface area contributed by atoms with Gasteiger partial charge in [-0.25, -0.2) is 4.39 Å². The van der Waals surface area contributed by atoms with Gasteiger partial charge in [-0.05, 0) is 35.7 Å². The highest BCUT2D eigenvalue weighted by Crippen LogP contribution is 2.34. The maximum absolute atomic E-state index is 13.9. The number of H-pyrrole nitrogens is 1. The van der Waals surface area contributed by atoms with Crippen LogP contribution in [-0.4, -0.2) is 60.6 Å². The number of aromatic nitrogens is 1. The Morgan fingerprint density at radius 1 is 1.31 bits per heavy atom. The van der Waals surface area contributed by atoms with Crippen LogP contribution in [0, 0.1) is 17.7 Å². The van der Waals surface area contributed by atoms with Crippen LogP contribution in [0.25, 0.3) is 0 Å². The van der Waals surface area contributed by atoms with Gasteiger partial charge in [-0.15, -0.1) is 0 Å². The summed E-state index contributed by atoms with van der Waals surface area (Å²) >= 11 is 0. The second-order valence-electron chi connectivity index (χ2n) is 8.24. The second-order valence-corrected chi connectivity index (χ2v) is 8.24. The molecule has 158 valence electrons. The summed E-state index contributed by atoms with van der Waals surface area (Å²) in [7, 11) is 1.65. The highest BCUT2D eigenvalue weighted by atomic mass is 19.1. The number of hydrogen-bond donors (Lipinski definition) is 1. The number of nitrogens with one attached hydrogen (secondary N) is 1. The third-order valence-electron chi connectivity index (χ3n) is 5.68. The van der Waals surface area contributed by atoms with E-state index in [9.17, 15) is 9.18 Å². The summed E-state index contributed by atoms with van der Waals surface area (Å²) in [5.41, 5.74) is 2.17. The van der Waals surface area contributed by atoms with Crippen LogP contribution in [0.4, 0.5) is 4.39 Å². The predicted molar refractivity (Wildman–Crippen MR) is 112 cm³/mol. The van der Waals surface area contributed by atoms with Crippen LogP contribution in [0.3, 0.4) is 0 Å². The van der Waals surface area contributed by atoms with Gasteiger partial charge in [0, 0.05) is 63.6 Å². The molecule has 0 bridgehead atoms. The zero-order valence-electron chi connectivity index (χ0n) is 17.6. The number of rotatable bonds is 9. The average Bonchev–Trinajstić information content (AvgIpc) is 3.34. The molecule has 1 fully saturated rings. The Morgan fingerprint density at radius 3 is 2.79 bits per heavy atom. The van der Waals surface area contributed by atoms with Gasteiger partial charge in [-0.2, -0.15) is 0 Å². The normalized spacial score (nSPS) is 19.8. The molecule has 1 N–H and O–H groups in total.